The van der Waals surface area contributed by atoms with Gasteiger partial charge in [-0.05, 0) is 36.8 Å². The summed E-state index contributed by atoms with van der Waals surface area (Å²) < 4.78 is 4.89. The van der Waals surface area contributed by atoms with E-state index in [9.17, 15) is 24.5 Å². The minimum absolute atomic E-state index is 0.0347. The van der Waals surface area contributed by atoms with E-state index >= 15 is 0 Å². The van der Waals surface area contributed by atoms with Crippen molar-refractivity contribution in [1.29, 1.82) is 0 Å². The first-order chi connectivity index (χ1) is 14.2. The Morgan fingerprint density at radius 2 is 2.07 bits per heavy atom. The molecule has 10 heteroatoms. The third-order valence-corrected chi connectivity index (χ3v) is 4.66. The molecule has 30 heavy (non-hydrogen) atoms. The highest BCUT2D eigenvalue weighted by Crippen LogP contribution is 2.32. The smallest absolute Gasteiger partial charge is 0.338 e. The van der Waals surface area contributed by atoms with Gasteiger partial charge in [0.05, 0.1) is 10.5 Å². The molecule has 0 spiro atoms. The average Bonchev–Trinajstić information content (AvgIpc) is 2.70. The van der Waals surface area contributed by atoms with E-state index in [2.05, 4.69) is 12.2 Å². The molecule has 2 N–H and O–H groups in total. The lowest BCUT2D eigenvalue weighted by Gasteiger charge is -2.32. The number of carbonyl (C=O) groups excluding carboxylic acids is 3. The number of nitrogens with zero attached hydrogens (tertiary/aromatic N) is 2. The van der Waals surface area contributed by atoms with Crippen LogP contribution in [0.5, 0.6) is 0 Å². The monoisotopic (exact) mass is 420 g/mol. The van der Waals surface area contributed by atoms with E-state index in [1.54, 1.807) is 0 Å². The van der Waals surface area contributed by atoms with Gasteiger partial charge in [-0.2, -0.15) is 0 Å². The van der Waals surface area contributed by atoms with Gasteiger partial charge in [0.1, 0.15) is 5.69 Å². The van der Waals surface area contributed by atoms with Crippen molar-refractivity contribution in [3.8, 4) is 0 Å². The number of urea groups is 1. The highest BCUT2D eigenvalue weighted by molar-refractivity contribution is 5.97. The van der Waals surface area contributed by atoms with Crippen molar-refractivity contribution in [3.05, 3.63) is 33.9 Å². The van der Waals surface area contributed by atoms with Gasteiger partial charge in [0, 0.05) is 25.7 Å². The fourth-order valence-electron chi connectivity index (χ4n) is 3.19. The number of hydrogen-bond acceptors (Lipinski definition) is 7. The van der Waals surface area contributed by atoms with Gasteiger partial charge >= 0.3 is 12.0 Å². The maximum Gasteiger partial charge on any atom is 0.338 e. The van der Waals surface area contributed by atoms with Crippen LogP contribution < -0.4 is 15.5 Å². The van der Waals surface area contributed by atoms with Crippen molar-refractivity contribution < 1.29 is 24.0 Å². The lowest BCUT2D eigenvalue weighted by molar-refractivity contribution is -0.384. The summed E-state index contributed by atoms with van der Waals surface area (Å²) >= 11 is 0. The van der Waals surface area contributed by atoms with Crippen LogP contribution in [0.4, 0.5) is 16.2 Å². The van der Waals surface area contributed by atoms with E-state index in [4.69, 9.17) is 4.74 Å². The molecule has 1 aliphatic rings. The summed E-state index contributed by atoms with van der Waals surface area (Å²) in [7, 11) is 0. The van der Waals surface area contributed by atoms with Crippen molar-refractivity contribution in [2.24, 2.45) is 11.8 Å². The van der Waals surface area contributed by atoms with Crippen LogP contribution in [0.3, 0.4) is 0 Å². The normalized spacial score (nSPS) is 16.1. The molecule has 1 aromatic carbocycles. The number of piperidine rings is 1. The van der Waals surface area contributed by atoms with Gasteiger partial charge in [-0.15, -0.1) is 0 Å². The molecule has 10 nitrogen and oxygen atoms in total. The fraction of sp³-hybridized carbons (Fsp3) is 0.550. The lowest BCUT2D eigenvalue weighted by Crippen LogP contribution is -2.42. The van der Waals surface area contributed by atoms with E-state index in [1.807, 2.05) is 24.1 Å². The van der Waals surface area contributed by atoms with Gasteiger partial charge in [-0.3, -0.25) is 20.2 Å². The Kier molecular flexibility index (Phi) is 8.14. The Morgan fingerprint density at radius 3 is 2.70 bits per heavy atom. The number of nitro groups is 1. The second kappa shape index (κ2) is 10.6. The number of rotatable bonds is 7. The molecule has 3 amide bonds. The first-order valence-electron chi connectivity index (χ1n) is 9.95. The number of nitrogens with one attached hydrogen (secondary N) is 2. The molecule has 0 saturated carbocycles. The molecular weight excluding hydrogens is 392 g/mol. The first-order valence-corrected chi connectivity index (χ1v) is 9.95. The predicted octanol–water partition coefficient (Wildman–Crippen LogP) is 2.47. The third-order valence-electron chi connectivity index (χ3n) is 4.66. The number of esters is 1. The molecule has 1 aromatic rings. The summed E-state index contributed by atoms with van der Waals surface area (Å²) in [6.07, 6.45) is 2.02. The maximum atomic E-state index is 12.2. The molecule has 2 rings (SSSR count). The largest absolute Gasteiger partial charge is 0.452 e. The Morgan fingerprint density at radius 1 is 1.33 bits per heavy atom. The van der Waals surface area contributed by atoms with Crippen molar-refractivity contribution >= 4 is 29.3 Å². The zero-order chi connectivity index (χ0) is 22.3. The van der Waals surface area contributed by atoms with Crippen LogP contribution in [0.2, 0.25) is 0 Å². The van der Waals surface area contributed by atoms with E-state index in [0.717, 1.165) is 18.9 Å². The Hall–Kier alpha value is -3.17. The third kappa shape index (κ3) is 6.71. The Bertz CT molecular complexity index is 810. The second-order valence-electron chi connectivity index (χ2n) is 7.88. The number of imide groups is 1. The van der Waals surface area contributed by atoms with E-state index in [-0.39, 0.29) is 17.2 Å². The Labute approximate surface area is 175 Å². The lowest BCUT2D eigenvalue weighted by atomic mass is 9.99. The zero-order valence-electron chi connectivity index (χ0n) is 17.5. The maximum absolute atomic E-state index is 12.2. The van der Waals surface area contributed by atoms with Crippen molar-refractivity contribution in [3.63, 3.8) is 0 Å². The van der Waals surface area contributed by atoms with E-state index in [0.29, 0.717) is 31.2 Å². The molecule has 0 radical (unpaired) electrons. The predicted molar refractivity (Wildman–Crippen MR) is 110 cm³/mol. The highest BCUT2D eigenvalue weighted by Gasteiger charge is 2.25. The molecule has 1 fully saturated rings. The molecular formula is C20H28N4O6. The number of anilines is 1. The van der Waals surface area contributed by atoms with Gasteiger partial charge in [-0.25, -0.2) is 9.59 Å². The van der Waals surface area contributed by atoms with E-state index in [1.165, 1.54) is 12.1 Å². The average molecular weight is 420 g/mol. The molecule has 0 aliphatic carbocycles. The van der Waals surface area contributed by atoms with Gasteiger partial charge in [-0.1, -0.05) is 20.8 Å². The number of hydrogen-bond donors (Lipinski definition) is 2. The molecule has 164 valence electrons. The van der Waals surface area contributed by atoms with Crippen LogP contribution in [0.15, 0.2) is 18.2 Å². The summed E-state index contributed by atoms with van der Waals surface area (Å²) in [5.74, 6) is -1.03. The van der Waals surface area contributed by atoms with Crippen molar-refractivity contribution in [2.45, 2.75) is 33.6 Å². The van der Waals surface area contributed by atoms with Crippen molar-refractivity contribution in [1.82, 2.24) is 10.6 Å². The number of amides is 3. The first kappa shape index (κ1) is 23.1. The second-order valence-corrected chi connectivity index (χ2v) is 7.88. The van der Waals surface area contributed by atoms with Crippen molar-refractivity contribution in [2.75, 3.05) is 31.1 Å². The fourth-order valence-corrected chi connectivity index (χ4v) is 3.19. The minimum atomic E-state index is -0.880. The quantitative estimate of drug-likeness (QED) is 0.393. The van der Waals surface area contributed by atoms with Crippen LogP contribution in [-0.4, -0.2) is 49.1 Å². The molecule has 1 saturated heterocycles. The molecule has 0 bridgehead atoms. The Balaban J connectivity index is 1.99. The molecule has 1 heterocycles. The summed E-state index contributed by atoms with van der Waals surface area (Å²) in [5.41, 5.74) is 0.242. The summed E-state index contributed by atoms with van der Waals surface area (Å²) in [4.78, 5) is 48.5. The minimum Gasteiger partial charge on any atom is -0.452 e. The topological polar surface area (TPSA) is 131 Å². The van der Waals surface area contributed by atoms with Gasteiger partial charge in [0.25, 0.3) is 11.6 Å². The van der Waals surface area contributed by atoms with Crippen LogP contribution in [-0.2, 0) is 9.53 Å². The van der Waals surface area contributed by atoms with Crippen LogP contribution >= 0.6 is 0 Å². The van der Waals surface area contributed by atoms with Crippen LogP contribution in [0.1, 0.15) is 44.0 Å². The molecule has 1 aliphatic heterocycles. The standard InChI is InChI=1S/C20H28N4O6/c1-13(2)10-21-20(27)22-18(25)12-30-19(26)15-6-7-16(17(9-15)24(28)29)23-8-4-5-14(3)11-23/h6-7,9,13-14H,4-5,8,10-12H2,1-3H3,(H2,21,22,25,27)/t14-/m0/s1. The van der Waals surface area contributed by atoms with Crippen LogP contribution in [0, 0.1) is 22.0 Å². The van der Waals surface area contributed by atoms with Gasteiger partial charge < -0.3 is 15.0 Å². The summed E-state index contributed by atoms with van der Waals surface area (Å²) in [5, 5.41) is 16.1. The van der Waals surface area contributed by atoms with E-state index < -0.39 is 29.4 Å². The molecule has 0 aromatic heterocycles. The van der Waals surface area contributed by atoms with Gasteiger partial charge in [0.2, 0.25) is 0 Å². The number of ether oxygens (including phenoxy) is 1. The molecule has 0 unspecified atom stereocenters. The summed E-state index contributed by atoms with van der Waals surface area (Å²) in [6, 6.07) is 3.45. The number of benzene rings is 1. The highest BCUT2D eigenvalue weighted by atomic mass is 16.6. The zero-order valence-corrected chi connectivity index (χ0v) is 17.5. The molecule has 1 atom stereocenters. The SMILES string of the molecule is CC(C)CNC(=O)NC(=O)COC(=O)c1ccc(N2CCC[C@H](C)C2)c([N+](=O)[O-])c1. The number of nitro benzene ring substituents is 1. The number of carbonyl (C=O) groups is 3. The van der Waals surface area contributed by atoms with Crippen LogP contribution in [0.25, 0.3) is 0 Å². The summed E-state index contributed by atoms with van der Waals surface area (Å²) in [6.45, 7) is 7.05. The van der Waals surface area contributed by atoms with Gasteiger partial charge in [0.15, 0.2) is 6.61 Å².